The second-order valence-electron chi connectivity index (χ2n) is 7.25. The van der Waals surface area contributed by atoms with E-state index in [1.165, 1.54) is 30.3 Å². The normalized spacial score (nSPS) is 11.1. The second kappa shape index (κ2) is 10.2. The Balaban J connectivity index is 1.68. The number of nitro groups is 1. The molecule has 0 aliphatic carbocycles. The number of H-pyrrole nitrogens is 1. The largest absolute Gasteiger partial charge is 0.476 e. The summed E-state index contributed by atoms with van der Waals surface area (Å²) in [6.07, 6.45) is 0.967. The number of rotatable bonds is 7. The standard InChI is InChI=1S/C23H15ClFN5O6/c24-14-9-13(11-26-29-22(32)15-5-1-3-7-17(15)28-23(29)33)21(19(10-14)30(34)35)36-12-20(31)27-18-8-4-2-6-16(18)25/h1-11H,12H2,(H,27,31)(H,28,33). The fourth-order valence-corrected chi connectivity index (χ4v) is 3.47. The van der Waals surface area contributed by atoms with Gasteiger partial charge in [0.05, 0.1) is 27.7 Å². The van der Waals surface area contributed by atoms with E-state index in [4.69, 9.17) is 16.3 Å². The van der Waals surface area contributed by atoms with Gasteiger partial charge in [0.2, 0.25) is 5.75 Å². The Kier molecular flexibility index (Phi) is 6.88. The SMILES string of the molecule is O=C(COc1c(C=Nn2c(=O)[nH]c3ccccc3c2=O)cc(Cl)cc1[N+](=O)[O-])Nc1ccccc1F. The lowest BCUT2D eigenvalue weighted by atomic mass is 10.2. The summed E-state index contributed by atoms with van der Waals surface area (Å²) < 4.78 is 19.7. The first-order chi connectivity index (χ1) is 17.2. The Morgan fingerprint density at radius 1 is 1.19 bits per heavy atom. The van der Waals surface area contributed by atoms with Crippen LogP contribution >= 0.6 is 11.6 Å². The number of nitrogens with zero attached hydrogens (tertiary/aromatic N) is 3. The third-order valence-corrected chi connectivity index (χ3v) is 5.07. The molecule has 0 spiro atoms. The summed E-state index contributed by atoms with van der Waals surface area (Å²) in [4.78, 5) is 50.6. The van der Waals surface area contributed by atoms with Crippen LogP contribution in [0.4, 0.5) is 15.8 Å². The molecule has 11 nitrogen and oxygen atoms in total. The van der Waals surface area contributed by atoms with Gasteiger partial charge in [0.15, 0.2) is 6.61 Å². The number of halogens is 2. The van der Waals surface area contributed by atoms with E-state index < -0.39 is 45.9 Å². The first-order valence-corrected chi connectivity index (χ1v) is 10.6. The minimum atomic E-state index is -0.849. The Hall–Kier alpha value is -4.84. The molecule has 0 unspecified atom stereocenters. The van der Waals surface area contributed by atoms with Crippen molar-refractivity contribution in [1.29, 1.82) is 0 Å². The van der Waals surface area contributed by atoms with Gasteiger partial charge in [-0.1, -0.05) is 35.9 Å². The van der Waals surface area contributed by atoms with Crippen LogP contribution < -0.4 is 21.3 Å². The lowest BCUT2D eigenvalue weighted by Gasteiger charge is -2.11. The number of anilines is 1. The van der Waals surface area contributed by atoms with Gasteiger partial charge < -0.3 is 15.0 Å². The van der Waals surface area contributed by atoms with E-state index in [-0.39, 0.29) is 21.7 Å². The zero-order valence-corrected chi connectivity index (χ0v) is 18.9. The summed E-state index contributed by atoms with van der Waals surface area (Å²) in [5.41, 5.74) is -2.06. The number of nitrogens with one attached hydrogen (secondary N) is 2. The molecule has 1 amide bonds. The van der Waals surface area contributed by atoms with Gasteiger partial charge in [0.25, 0.3) is 11.5 Å². The van der Waals surface area contributed by atoms with Gasteiger partial charge in [-0.15, -0.1) is 4.68 Å². The Bertz CT molecular complexity index is 1650. The molecular weight excluding hydrogens is 497 g/mol. The fraction of sp³-hybridized carbons (Fsp3) is 0.0435. The number of carbonyl (C=O) groups is 1. The van der Waals surface area contributed by atoms with Gasteiger partial charge in [-0.05, 0) is 30.3 Å². The van der Waals surface area contributed by atoms with Crippen molar-refractivity contribution >= 4 is 46.0 Å². The Morgan fingerprint density at radius 3 is 2.67 bits per heavy atom. The number of para-hydroxylation sites is 2. The van der Waals surface area contributed by atoms with Crippen LogP contribution in [0, 0.1) is 15.9 Å². The average Bonchev–Trinajstić information content (AvgIpc) is 2.84. The van der Waals surface area contributed by atoms with Crippen LogP contribution in [0.5, 0.6) is 5.75 Å². The maximum atomic E-state index is 13.8. The number of aromatic nitrogens is 2. The number of ether oxygens (including phenoxy) is 1. The van der Waals surface area contributed by atoms with Crippen LogP contribution in [0.15, 0.2) is 75.4 Å². The number of carbonyl (C=O) groups excluding carboxylic acids is 1. The highest BCUT2D eigenvalue weighted by Crippen LogP contribution is 2.33. The average molecular weight is 512 g/mol. The van der Waals surface area contributed by atoms with E-state index in [1.54, 1.807) is 18.2 Å². The van der Waals surface area contributed by atoms with Crippen molar-refractivity contribution in [2.24, 2.45) is 5.10 Å². The summed E-state index contributed by atoms with van der Waals surface area (Å²) in [7, 11) is 0. The smallest absolute Gasteiger partial charge is 0.349 e. The summed E-state index contributed by atoms with van der Waals surface area (Å²) in [6, 6.07) is 13.9. The number of hydrogen-bond donors (Lipinski definition) is 2. The van der Waals surface area contributed by atoms with Crippen molar-refractivity contribution in [2.45, 2.75) is 0 Å². The molecule has 0 saturated carbocycles. The van der Waals surface area contributed by atoms with Crippen molar-refractivity contribution < 1.29 is 18.8 Å². The zero-order valence-electron chi connectivity index (χ0n) is 18.1. The monoisotopic (exact) mass is 511 g/mol. The van der Waals surface area contributed by atoms with E-state index >= 15 is 0 Å². The van der Waals surface area contributed by atoms with Crippen LogP contribution in [0.25, 0.3) is 10.9 Å². The molecule has 1 aromatic heterocycles. The number of amides is 1. The Morgan fingerprint density at radius 2 is 1.92 bits per heavy atom. The molecule has 36 heavy (non-hydrogen) atoms. The first-order valence-electron chi connectivity index (χ1n) is 10.2. The number of aromatic amines is 1. The molecule has 4 rings (SSSR count). The molecule has 1 heterocycles. The third-order valence-electron chi connectivity index (χ3n) is 4.85. The molecule has 4 aromatic rings. The third kappa shape index (κ3) is 5.13. The van der Waals surface area contributed by atoms with E-state index in [1.807, 2.05) is 0 Å². The Labute approximate surface area is 205 Å². The van der Waals surface area contributed by atoms with Gasteiger partial charge in [-0.2, -0.15) is 5.10 Å². The van der Waals surface area contributed by atoms with E-state index in [9.17, 15) is 28.9 Å². The molecule has 0 bridgehead atoms. The molecule has 0 aliphatic heterocycles. The highest BCUT2D eigenvalue weighted by molar-refractivity contribution is 6.31. The molecule has 0 saturated heterocycles. The summed E-state index contributed by atoms with van der Waals surface area (Å²) >= 11 is 6.00. The summed E-state index contributed by atoms with van der Waals surface area (Å²) in [5.74, 6) is -1.88. The van der Waals surface area contributed by atoms with Crippen LogP contribution in [0.3, 0.4) is 0 Å². The van der Waals surface area contributed by atoms with Gasteiger partial charge >= 0.3 is 11.4 Å². The molecule has 0 radical (unpaired) electrons. The predicted octanol–water partition coefficient (Wildman–Crippen LogP) is 3.29. The molecule has 2 N–H and O–H groups in total. The lowest BCUT2D eigenvalue weighted by molar-refractivity contribution is -0.385. The first kappa shape index (κ1) is 24.3. The maximum absolute atomic E-state index is 13.8. The summed E-state index contributed by atoms with van der Waals surface area (Å²) in [6.45, 7) is -0.728. The van der Waals surface area contributed by atoms with Crippen LogP contribution in [0.2, 0.25) is 5.02 Å². The molecule has 182 valence electrons. The van der Waals surface area contributed by atoms with Crippen LogP contribution in [-0.2, 0) is 4.79 Å². The van der Waals surface area contributed by atoms with Gasteiger partial charge in [0, 0.05) is 16.7 Å². The van der Waals surface area contributed by atoms with Crippen molar-refractivity contribution in [3.8, 4) is 5.75 Å². The van der Waals surface area contributed by atoms with Gasteiger partial charge in [-0.25, -0.2) is 9.18 Å². The highest BCUT2D eigenvalue weighted by atomic mass is 35.5. The van der Waals surface area contributed by atoms with Gasteiger partial charge in [0.1, 0.15) is 5.82 Å². The summed E-state index contributed by atoms with van der Waals surface area (Å²) in [5, 5.41) is 17.9. The van der Waals surface area contributed by atoms with E-state index in [0.29, 0.717) is 10.2 Å². The molecule has 3 aromatic carbocycles. The molecular formula is C23H15ClFN5O6. The quantitative estimate of drug-likeness (QED) is 0.221. The topological polar surface area (TPSA) is 149 Å². The number of nitro benzene ring substituents is 1. The van der Waals surface area contributed by atoms with E-state index in [0.717, 1.165) is 18.3 Å². The zero-order chi connectivity index (χ0) is 25.8. The van der Waals surface area contributed by atoms with Crippen molar-refractivity contribution in [3.05, 3.63) is 108 Å². The maximum Gasteiger partial charge on any atom is 0.349 e. The second-order valence-corrected chi connectivity index (χ2v) is 7.69. The lowest BCUT2D eigenvalue weighted by Crippen LogP contribution is -2.32. The minimum absolute atomic E-state index is 0.0638. The van der Waals surface area contributed by atoms with Crippen molar-refractivity contribution in [1.82, 2.24) is 9.66 Å². The number of benzene rings is 3. The molecule has 0 atom stereocenters. The van der Waals surface area contributed by atoms with Crippen molar-refractivity contribution in [2.75, 3.05) is 11.9 Å². The van der Waals surface area contributed by atoms with Crippen LogP contribution in [-0.4, -0.2) is 33.3 Å². The highest BCUT2D eigenvalue weighted by Gasteiger charge is 2.22. The molecule has 0 fully saturated rings. The van der Waals surface area contributed by atoms with Crippen molar-refractivity contribution in [3.63, 3.8) is 0 Å². The van der Waals surface area contributed by atoms with Crippen LogP contribution in [0.1, 0.15) is 5.56 Å². The van der Waals surface area contributed by atoms with Gasteiger partial charge in [-0.3, -0.25) is 19.7 Å². The minimum Gasteiger partial charge on any atom is -0.476 e. The van der Waals surface area contributed by atoms with E-state index in [2.05, 4.69) is 15.4 Å². The number of fused-ring (bicyclic) bond motifs is 1. The molecule has 0 aliphatic rings. The molecule has 13 heteroatoms. The number of hydrogen-bond acceptors (Lipinski definition) is 7. The fourth-order valence-electron chi connectivity index (χ4n) is 3.25. The predicted molar refractivity (Wildman–Crippen MR) is 130 cm³/mol.